The van der Waals surface area contributed by atoms with E-state index in [1.54, 1.807) is 0 Å². The fourth-order valence-corrected chi connectivity index (χ4v) is 9.06. The van der Waals surface area contributed by atoms with E-state index in [1.807, 2.05) is 0 Å². The first-order chi connectivity index (χ1) is 14.6. The van der Waals surface area contributed by atoms with Crippen LogP contribution >= 0.6 is 0 Å². The maximum atomic E-state index is 12.4. The van der Waals surface area contributed by atoms with Gasteiger partial charge < -0.3 is 10.2 Å². The third-order valence-corrected chi connectivity index (χ3v) is 10.6. The SMILES string of the molecule is CC(C)CCC[C@@H](C)[C@H]1C(C(=O)O)C[C@H]2[C@@H]3CC=C4C[C@@H](O)CC[C@]4(C)[C@H]3CC[C@]12C. The molecule has 0 aromatic carbocycles. The van der Waals surface area contributed by atoms with Gasteiger partial charge in [0.2, 0.25) is 0 Å². The van der Waals surface area contributed by atoms with Crippen molar-refractivity contribution >= 4 is 5.97 Å². The van der Waals surface area contributed by atoms with E-state index in [0.717, 1.165) is 38.0 Å². The molecule has 2 N–H and O–H groups in total. The van der Waals surface area contributed by atoms with Gasteiger partial charge in [-0.1, -0.05) is 65.5 Å². The summed E-state index contributed by atoms with van der Waals surface area (Å²) in [6.45, 7) is 11.8. The average Bonchev–Trinajstić information content (AvgIpc) is 3.01. The molecule has 4 rings (SSSR count). The van der Waals surface area contributed by atoms with Crippen LogP contribution in [-0.2, 0) is 4.79 Å². The standard InChI is InChI=1S/C28H46O3/c1-17(2)7-6-8-18(3)25-22(26(30)31)16-24-21-10-9-19-15-20(29)11-13-27(19,4)23(21)12-14-28(24,25)5/h9,17-18,20-25,29H,6-8,10-16H2,1-5H3,(H,30,31)/t18-,20+,21-,22?,23+,24+,25+,27+,28+/m1/s1. The van der Waals surface area contributed by atoms with E-state index in [9.17, 15) is 15.0 Å². The Morgan fingerprint density at radius 1 is 1.13 bits per heavy atom. The van der Waals surface area contributed by atoms with Crippen LogP contribution in [0.2, 0.25) is 0 Å². The summed E-state index contributed by atoms with van der Waals surface area (Å²) in [5.41, 5.74) is 1.89. The molecule has 0 amide bonds. The minimum Gasteiger partial charge on any atom is -0.481 e. The molecule has 3 saturated carbocycles. The van der Waals surface area contributed by atoms with Crippen LogP contribution < -0.4 is 0 Å². The molecule has 4 aliphatic rings. The van der Waals surface area contributed by atoms with Gasteiger partial charge in [0.05, 0.1) is 12.0 Å². The van der Waals surface area contributed by atoms with E-state index < -0.39 is 5.97 Å². The van der Waals surface area contributed by atoms with E-state index in [0.29, 0.717) is 29.6 Å². The summed E-state index contributed by atoms with van der Waals surface area (Å²) in [6, 6.07) is 0. The van der Waals surface area contributed by atoms with Gasteiger partial charge in [0.25, 0.3) is 0 Å². The van der Waals surface area contributed by atoms with E-state index in [4.69, 9.17) is 0 Å². The van der Waals surface area contributed by atoms with Crippen molar-refractivity contribution in [1.82, 2.24) is 0 Å². The molecule has 0 heterocycles. The van der Waals surface area contributed by atoms with E-state index in [1.165, 1.54) is 37.7 Å². The molecule has 0 aromatic rings. The van der Waals surface area contributed by atoms with Gasteiger partial charge in [-0.25, -0.2) is 0 Å². The van der Waals surface area contributed by atoms with E-state index in [2.05, 4.69) is 40.7 Å². The van der Waals surface area contributed by atoms with Crippen LogP contribution in [0.15, 0.2) is 11.6 Å². The number of rotatable bonds is 6. The predicted octanol–water partition coefficient (Wildman–Crippen LogP) is 6.70. The summed E-state index contributed by atoms with van der Waals surface area (Å²) in [7, 11) is 0. The molecular formula is C28H46O3. The average molecular weight is 431 g/mol. The van der Waals surface area contributed by atoms with Gasteiger partial charge in [-0.05, 0) is 91.3 Å². The van der Waals surface area contributed by atoms with Crippen LogP contribution in [-0.4, -0.2) is 22.3 Å². The van der Waals surface area contributed by atoms with Gasteiger partial charge in [-0.2, -0.15) is 0 Å². The zero-order valence-electron chi connectivity index (χ0n) is 20.6. The Hall–Kier alpha value is -0.830. The quantitative estimate of drug-likeness (QED) is 0.461. The van der Waals surface area contributed by atoms with Crippen LogP contribution in [0.4, 0.5) is 0 Å². The minimum absolute atomic E-state index is 0.163. The number of hydrogen-bond acceptors (Lipinski definition) is 2. The number of aliphatic hydroxyl groups is 1. The Kier molecular flexibility index (Phi) is 6.40. The number of carboxylic acid groups (broad SMARTS) is 1. The van der Waals surface area contributed by atoms with Crippen molar-refractivity contribution in [3.05, 3.63) is 11.6 Å². The fraction of sp³-hybridized carbons (Fsp3) is 0.893. The lowest BCUT2D eigenvalue weighted by molar-refractivity contribution is -0.144. The van der Waals surface area contributed by atoms with Crippen molar-refractivity contribution in [1.29, 1.82) is 0 Å². The van der Waals surface area contributed by atoms with Gasteiger partial charge in [0.15, 0.2) is 0 Å². The normalized spacial score (nSPS) is 45.5. The molecule has 0 radical (unpaired) electrons. The van der Waals surface area contributed by atoms with Crippen molar-refractivity contribution < 1.29 is 15.0 Å². The molecule has 0 saturated heterocycles. The van der Waals surface area contributed by atoms with Gasteiger partial charge in [0, 0.05) is 0 Å². The minimum atomic E-state index is -0.549. The highest BCUT2D eigenvalue weighted by Crippen LogP contribution is 2.68. The molecule has 0 aromatic heterocycles. The van der Waals surface area contributed by atoms with Crippen molar-refractivity contribution in [2.45, 2.75) is 105 Å². The summed E-state index contributed by atoms with van der Waals surface area (Å²) in [4.78, 5) is 12.4. The lowest BCUT2D eigenvalue weighted by Gasteiger charge is -2.58. The van der Waals surface area contributed by atoms with Crippen molar-refractivity contribution in [2.24, 2.45) is 52.3 Å². The van der Waals surface area contributed by atoms with Crippen LogP contribution in [0.5, 0.6) is 0 Å². The van der Waals surface area contributed by atoms with Crippen molar-refractivity contribution in [3.63, 3.8) is 0 Å². The Bertz CT molecular complexity index is 711. The molecule has 3 heteroatoms. The maximum Gasteiger partial charge on any atom is 0.306 e. The molecule has 0 aliphatic heterocycles. The lowest BCUT2D eigenvalue weighted by Crippen LogP contribution is -2.51. The summed E-state index contributed by atoms with van der Waals surface area (Å²) < 4.78 is 0. The Balaban J connectivity index is 1.59. The Morgan fingerprint density at radius 2 is 1.87 bits per heavy atom. The number of allylic oxidation sites excluding steroid dienone is 1. The number of fused-ring (bicyclic) bond motifs is 5. The second-order valence-electron chi connectivity index (χ2n) is 12.7. The van der Waals surface area contributed by atoms with Crippen LogP contribution in [0, 0.1) is 52.3 Å². The molecule has 1 unspecified atom stereocenters. The number of carbonyl (C=O) groups is 1. The second-order valence-corrected chi connectivity index (χ2v) is 12.7. The monoisotopic (exact) mass is 430 g/mol. The highest BCUT2D eigenvalue weighted by Gasteiger charge is 2.62. The van der Waals surface area contributed by atoms with E-state index >= 15 is 0 Å². The summed E-state index contributed by atoms with van der Waals surface area (Å²) in [6.07, 6.45) is 13.2. The predicted molar refractivity (Wildman–Crippen MR) is 126 cm³/mol. The molecule has 0 spiro atoms. The largest absolute Gasteiger partial charge is 0.481 e. The van der Waals surface area contributed by atoms with Crippen molar-refractivity contribution in [2.75, 3.05) is 0 Å². The van der Waals surface area contributed by atoms with Crippen LogP contribution in [0.25, 0.3) is 0 Å². The number of aliphatic carboxylic acids is 1. The second kappa shape index (κ2) is 8.50. The molecule has 3 fully saturated rings. The topological polar surface area (TPSA) is 57.5 Å². The van der Waals surface area contributed by atoms with Gasteiger partial charge in [-0.15, -0.1) is 0 Å². The van der Waals surface area contributed by atoms with Gasteiger partial charge in [0.1, 0.15) is 0 Å². The molecular weight excluding hydrogens is 384 g/mol. The van der Waals surface area contributed by atoms with Crippen LogP contribution in [0.1, 0.15) is 98.8 Å². The smallest absolute Gasteiger partial charge is 0.306 e. The molecule has 31 heavy (non-hydrogen) atoms. The number of aliphatic hydroxyl groups excluding tert-OH is 1. The van der Waals surface area contributed by atoms with Gasteiger partial charge in [-0.3, -0.25) is 4.79 Å². The first-order valence-corrected chi connectivity index (χ1v) is 13.2. The lowest BCUT2D eigenvalue weighted by atomic mass is 9.47. The Labute approximate surface area is 190 Å². The number of hydrogen-bond donors (Lipinski definition) is 2. The van der Waals surface area contributed by atoms with E-state index in [-0.39, 0.29) is 22.9 Å². The summed E-state index contributed by atoms with van der Waals surface area (Å²) in [5, 5.41) is 20.5. The summed E-state index contributed by atoms with van der Waals surface area (Å²) >= 11 is 0. The molecule has 9 atom stereocenters. The summed E-state index contributed by atoms with van der Waals surface area (Å²) in [5.74, 6) is 2.63. The van der Waals surface area contributed by atoms with Crippen LogP contribution in [0.3, 0.4) is 0 Å². The molecule has 0 bridgehead atoms. The highest BCUT2D eigenvalue weighted by atomic mass is 16.4. The zero-order chi connectivity index (χ0) is 22.6. The molecule has 176 valence electrons. The maximum absolute atomic E-state index is 12.4. The third kappa shape index (κ3) is 3.91. The number of carboxylic acids is 1. The van der Waals surface area contributed by atoms with Gasteiger partial charge >= 0.3 is 5.97 Å². The Morgan fingerprint density at radius 3 is 2.55 bits per heavy atom. The zero-order valence-corrected chi connectivity index (χ0v) is 20.6. The first kappa shape index (κ1) is 23.3. The molecule has 4 aliphatic carbocycles. The fourth-order valence-electron chi connectivity index (χ4n) is 9.06. The first-order valence-electron chi connectivity index (χ1n) is 13.2. The third-order valence-electron chi connectivity index (χ3n) is 10.6. The molecule has 3 nitrogen and oxygen atoms in total. The van der Waals surface area contributed by atoms with Crippen molar-refractivity contribution in [3.8, 4) is 0 Å². The highest BCUT2D eigenvalue weighted by molar-refractivity contribution is 5.71.